The maximum Gasteiger partial charge on any atom is 0.250 e. The largest absolute Gasteiger partial charge is 0.396 e. The minimum atomic E-state index is -3.48. The highest BCUT2D eigenvalue weighted by atomic mass is 32.2. The van der Waals surface area contributed by atoms with E-state index in [0.717, 1.165) is 4.88 Å². The van der Waals surface area contributed by atoms with E-state index in [1.54, 1.807) is 12.1 Å². The van der Waals surface area contributed by atoms with Gasteiger partial charge >= 0.3 is 0 Å². The molecule has 1 aliphatic rings. The second kappa shape index (κ2) is 6.11. The van der Waals surface area contributed by atoms with Crippen LogP contribution in [0.2, 0.25) is 0 Å². The average molecular weight is 319 g/mol. The Bertz CT molecular complexity index is 550. The highest BCUT2D eigenvalue weighted by Crippen LogP contribution is 2.27. The highest BCUT2D eigenvalue weighted by molar-refractivity contribution is 7.91. The standard InChI is InChI=1S/C13H21NO4S2/c1-13(2)9-10(6-8-18-13)14-20(16,17)12-4-3-11(19-12)5-7-15/h3-4,10,14-15H,5-9H2,1-2H3. The molecule has 0 bridgehead atoms. The van der Waals surface area contributed by atoms with Crippen LogP contribution >= 0.6 is 11.3 Å². The molecule has 0 amide bonds. The van der Waals surface area contributed by atoms with Gasteiger partial charge in [-0.1, -0.05) is 0 Å². The maximum atomic E-state index is 12.3. The number of sulfonamides is 1. The predicted molar refractivity (Wildman–Crippen MR) is 78.5 cm³/mol. The van der Waals surface area contributed by atoms with Gasteiger partial charge < -0.3 is 9.84 Å². The molecule has 1 atom stereocenters. The first kappa shape index (κ1) is 15.9. The summed E-state index contributed by atoms with van der Waals surface area (Å²) in [7, 11) is -3.48. The van der Waals surface area contributed by atoms with E-state index in [-0.39, 0.29) is 18.2 Å². The van der Waals surface area contributed by atoms with Crippen LogP contribution in [-0.4, -0.2) is 38.4 Å². The van der Waals surface area contributed by atoms with E-state index < -0.39 is 10.0 Å². The lowest BCUT2D eigenvalue weighted by Crippen LogP contribution is -2.45. The summed E-state index contributed by atoms with van der Waals surface area (Å²) in [6, 6.07) is 3.26. The molecule has 1 aromatic heterocycles. The lowest BCUT2D eigenvalue weighted by Gasteiger charge is -2.35. The van der Waals surface area contributed by atoms with Crippen LogP contribution in [0, 0.1) is 0 Å². The van der Waals surface area contributed by atoms with Crippen LogP contribution in [0.1, 0.15) is 31.6 Å². The number of hydrogen-bond donors (Lipinski definition) is 2. The van der Waals surface area contributed by atoms with Gasteiger partial charge in [-0.2, -0.15) is 0 Å². The first-order chi connectivity index (χ1) is 9.32. The zero-order valence-corrected chi connectivity index (χ0v) is 13.4. The van der Waals surface area contributed by atoms with Gasteiger partial charge in [0.15, 0.2) is 0 Å². The summed E-state index contributed by atoms with van der Waals surface area (Å²) in [5.41, 5.74) is -0.289. The minimum Gasteiger partial charge on any atom is -0.396 e. The highest BCUT2D eigenvalue weighted by Gasteiger charge is 2.32. The zero-order chi connectivity index (χ0) is 14.8. The van der Waals surface area contributed by atoms with Crippen molar-refractivity contribution < 1.29 is 18.3 Å². The van der Waals surface area contributed by atoms with Gasteiger partial charge in [-0.15, -0.1) is 11.3 Å². The molecule has 5 nitrogen and oxygen atoms in total. The van der Waals surface area contributed by atoms with E-state index in [1.165, 1.54) is 11.3 Å². The molecule has 0 radical (unpaired) electrons. The summed E-state index contributed by atoms with van der Waals surface area (Å²) in [5.74, 6) is 0. The van der Waals surface area contributed by atoms with E-state index >= 15 is 0 Å². The summed E-state index contributed by atoms with van der Waals surface area (Å²) in [6.45, 7) is 4.54. The monoisotopic (exact) mass is 319 g/mol. The lowest BCUT2D eigenvalue weighted by atomic mass is 9.95. The molecule has 2 N–H and O–H groups in total. The summed E-state index contributed by atoms with van der Waals surface area (Å²) in [5, 5.41) is 8.88. The zero-order valence-electron chi connectivity index (χ0n) is 11.8. The Kier molecular flexibility index (Phi) is 4.86. The van der Waals surface area contributed by atoms with Gasteiger partial charge in [0.1, 0.15) is 4.21 Å². The Hall–Kier alpha value is -0.470. The molecule has 0 spiro atoms. The van der Waals surface area contributed by atoms with Gasteiger partial charge in [0.25, 0.3) is 0 Å². The van der Waals surface area contributed by atoms with E-state index in [4.69, 9.17) is 9.84 Å². The van der Waals surface area contributed by atoms with Crippen LogP contribution in [0.3, 0.4) is 0 Å². The summed E-state index contributed by atoms with van der Waals surface area (Å²) >= 11 is 1.21. The van der Waals surface area contributed by atoms with Crippen molar-refractivity contribution in [1.82, 2.24) is 4.72 Å². The molecule has 114 valence electrons. The SMILES string of the molecule is CC1(C)CC(NS(=O)(=O)c2ccc(CCO)s2)CCO1. The first-order valence-corrected chi connectivity index (χ1v) is 8.98. The van der Waals surface area contributed by atoms with E-state index in [1.807, 2.05) is 13.8 Å². The molecule has 1 saturated heterocycles. The van der Waals surface area contributed by atoms with Gasteiger partial charge in [-0.25, -0.2) is 13.1 Å². The molecule has 0 aliphatic carbocycles. The van der Waals surface area contributed by atoms with Gasteiger partial charge in [0.2, 0.25) is 10.0 Å². The van der Waals surface area contributed by atoms with Crippen molar-refractivity contribution in [3.05, 3.63) is 17.0 Å². The molecule has 20 heavy (non-hydrogen) atoms. The predicted octanol–water partition coefficient (Wildman–Crippen LogP) is 1.52. The van der Waals surface area contributed by atoms with Crippen molar-refractivity contribution in [3.8, 4) is 0 Å². The topological polar surface area (TPSA) is 75.6 Å². The third-order valence-electron chi connectivity index (χ3n) is 3.28. The molecule has 2 rings (SSSR count). The fraction of sp³-hybridized carbons (Fsp3) is 0.692. The van der Waals surface area contributed by atoms with Crippen LogP contribution in [0.4, 0.5) is 0 Å². The third-order valence-corrected chi connectivity index (χ3v) is 6.44. The Balaban J connectivity index is 2.06. The number of thiophene rings is 1. The van der Waals surface area contributed by atoms with Gasteiger partial charge in [0, 0.05) is 30.6 Å². The van der Waals surface area contributed by atoms with Crippen molar-refractivity contribution in [2.75, 3.05) is 13.2 Å². The molecule has 0 saturated carbocycles. The summed E-state index contributed by atoms with van der Waals surface area (Å²) < 4.78 is 33.3. The molecular formula is C13H21NO4S2. The van der Waals surface area contributed by atoms with Crippen LogP contribution in [0.15, 0.2) is 16.3 Å². The number of nitrogens with one attached hydrogen (secondary N) is 1. The second-order valence-electron chi connectivity index (χ2n) is 5.61. The Morgan fingerprint density at radius 1 is 1.50 bits per heavy atom. The van der Waals surface area contributed by atoms with E-state index in [0.29, 0.717) is 30.1 Å². The fourth-order valence-corrected chi connectivity index (χ4v) is 4.99. The smallest absolute Gasteiger partial charge is 0.250 e. The number of hydrogen-bond acceptors (Lipinski definition) is 5. The Morgan fingerprint density at radius 2 is 2.25 bits per heavy atom. The van der Waals surface area contributed by atoms with Crippen LogP contribution in [0.25, 0.3) is 0 Å². The maximum absolute atomic E-state index is 12.3. The van der Waals surface area contributed by atoms with Crippen LogP contribution < -0.4 is 4.72 Å². The number of aliphatic hydroxyl groups is 1. The second-order valence-corrected chi connectivity index (χ2v) is 8.72. The summed E-state index contributed by atoms with van der Waals surface area (Å²) in [4.78, 5) is 0.875. The molecular weight excluding hydrogens is 298 g/mol. The molecule has 7 heteroatoms. The molecule has 1 fully saturated rings. The Labute approximate surface area is 124 Å². The molecule has 2 heterocycles. The number of ether oxygens (including phenoxy) is 1. The van der Waals surface area contributed by atoms with Gasteiger partial charge in [0.05, 0.1) is 5.60 Å². The third kappa shape index (κ3) is 4.02. The average Bonchev–Trinajstić information content (AvgIpc) is 2.77. The van der Waals surface area contributed by atoms with Crippen molar-refractivity contribution in [2.24, 2.45) is 0 Å². The molecule has 1 unspecified atom stereocenters. The molecule has 1 aromatic rings. The summed E-state index contributed by atoms with van der Waals surface area (Å²) in [6.07, 6.45) is 1.85. The Morgan fingerprint density at radius 3 is 2.90 bits per heavy atom. The first-order valence-electron chi connectivity index (χ1n) is 6.68. The van der Waals surface area contributed by atoms with Gasteiger partial charge in [-0.3, -0.25) is 0 Å². The van der Waals surface area contributed by atoms with E-state index in [2.05, 4.69) is 4.72 Å². The van der Waals surface area contributed by atoms with Crippen molar-refractivity contribution in [2.45, 2.75) is 49.0 Å². The van der Waals surface area contributed by atoms with Crippen LogP contribution in [0.5, 0.6) is 0 Å². The number of rotatable bonds is 5. The van der Waals surface area contributed by atoms with Crippen LogP contribution in [-0.2, 0) is 21.2 Å². The van der Waals surface area contributed by atoms with Crippen molar-refractivity contribution in [1.29, 1.82) is 0 Å². The fourth-order valence-electron chi connectivity index (χ4n) is 2.36. The van der Waals surface area contributed by atoms with Crippen molar-refractivity contribution in [3.63, 3.8) is 0 Å². The lowest BCUT2D eigenvalue weighted by molar-refractivity contribution is -0.0599. The molecule has 1 aliphatic heterocycles. The van der Waals surface area contributed by atoms with Gasteiger partial charge in [-0.05, 0) is 38.8 Å². The quantitative estimate of drug-likeness (QED) is 0.863. The number of aliphatic hydroxyl groups excluding tert-OH is 1. The minimum absolute atomic E-state index is 0.0293. The van der Waals surface area contributed by atoms with E-state index in [9.17, 15) is 8.42 Å². The van der Waals surface area contributed by atoms with Crippen molar-refractivity contribution >= 4 is 21.4 Å². The molecule has 0 aromatic carbocycles. The normalized spacial score (nSPS) is 22.9.